The highest BCUT2D eigenvalue weighted by molar-refractivity contribution is 5.28. The summed E-state index contributed by atoms with van der Waals surface area (Å²) in [6.07, 6.45) is 2.39. The minimum absolute atomic E-state index is 0.429. The number of anilines is 1. The number of nitrogens with zero attached hydrogens (tertiary/aromatic N) is 3. The molecule has 0 bridgehead atoms. The Morgan fingerprint density at radius 2 is 2.21 bits per heavy atom. The van der Waals surface area contributed by atoms with Crippen LogP contribution in [-0.2, 0) is 6.42 Å². The van der Waals surface area contributed by atoms with Gasteiger partial charge in [-0.05, 0) is 24.9 Å². The molecule has 1 fully saturated rings. The molecular weight excluding hydrogens is 182 g/mol. The van der Waals surface area contributed by atoms with Crippen molar-refractivity contribution in [1.82, 2.24) is 10.1 Å². The fourth-order valence-corrected chi connectivity index (χ4v) is 1.63. The molecule has 0 radical (unpaired) electrons. The van der Waals surface area contributed by atoms with E-state index >= 15 is 0 Å². The molecule has 2 rings (SSSR count). The number of aromatic nitrogens is 2. The summed E-state index contributed by atoms with van der Waals surface area (Å²) in [6.45, 7) is 3.72. The lowest BCUT2D eigenvalue weighted by Crippen LogP contribution is -2.19. The van der Waals surface area contributed by atoms with E-state index in [1.54, 1.807) is 6.92 Å². The van der Waals surface area contributed by atoms with Crippen molar-refractivity contribution in [2.75, 3.05) is 18.0 Å². The van der Waals surface area contributed by atoms with E-state index in [0.717, 1.165) is 13.1 Å². The van der Waals surface area contributed by atoms with Gasteiger partial charge in [0.2, 0.25) is 5.89 Å². The van der Waals surface area contributed by atoms with Crippen LogP contribution in [0.3, 0.4) is 0 Å². The van der Waals surface area contributed by atoms with Crippen LogP contribution in [0.5, 0.6) is 0 Å². The normalized spacial score (nSPS) is 18.9. The highest BCUT2D eigenvalue weighted by Gasteiger charge is 2.18. The van der Waals surface area contributed by atoms with Crippen molar-refractivity contribution in [2.24, 2.45) is 0 Å². The van der Waals surface area contributed by atoms with Gasteiger partial charge in [0.05, 0.1) is 12.5 Å². The van der Waals surface area contributed by atoms with Crippen LogP contribution < -0.4 is 4.90 Å². The van der Waals surface area contributed by atoms with Gasteiger partial charge in [0.25, 0.3) is 5.95 Å². The summed E-state index contributed by atoms with van der Waals surface area (Å²) in [6, 6.07) is 0. The molecular formula is C9H15N3O2. The Kier molecular flexibility index (Phi) is 2.67. The molecule has 0 spiro atoms. The van der Waals surface area contributed by atoms with Crippen molar-refractivity contribution in [3.8, 4) is 0 Å². The zero-order valence-corrected chi connectivity index (χ0v) is 8.31. The van der Waals surface area contributed by atoms with E-state index in [1.165, 1.54) is 12.8 Å². The van der Waals surface area contributed by atoms with Crippen molar-refractivity contribution in [3.05, 3.63) is 5.89 Å². The van der Waals surface area contributed by atoms with E-state index in [-0.39, 0.29) is 0 Å². The zero-order valence-electron chi connectivity index (χ0n) is 8.31. The molecule has 1 aromatic rings. The van der Waals surface area contributed by atoms with E-state index in [4.69, 9.17) is 9.63 Å². The highest BCUT2D eigenvalue weighted by atomic mass is 16.5. The van der Waals surface area contributed by atoms with Crippen LogP contribution in [0.1, 0.15) is 25.7 Å². The van der Waals surface area contributed by atoms with Crippen LogP contribution in [0.25, 0.3) is 0 Å². The Morgan fingerprint density at radius 1 is 1.50 bits per heavy atom. The number of hydrogen-bond acceptors (Lipinski definition) is 5. The molecule has 1 aromatic heterocycles. The van der Waals surface area contributed by atoms with Gasteiger partial charge < -0.3 is 14.5 Å². The Labute approximate surface area is 82.7 Å². The van der Waals surface area contributed by atoms with E-state index in [2.05, 4.69) is 15.0 Å². The summed E-state index contributed by atoms with van der Waals surface area (Å²) in [5.41, 5.74) is 0. The smallest absolute Gasteiger partial charge is 0.266 e. The summed E-state index contributed by atoms with van der Waals surface area (Å²) < 4.78 is 5.03. The monoisotopic (exact) mass is 197 g/mol. The highest BCUT2D eigenvalue weighted by Crippen LogP contribution is 2.16. The molecule has 2 heterocycles. The standard InChI is InChI=1S/C9H15N3O2/c1-7(13)6-8-10-9(11-14-8)12-4-2-3-5-12/h7,13H,2-6H2,1H3. The predicted octanol–water partition coefficient (Wildman–Crippen LogP) is 0.593. The molecule has 1 unspecified atom stereocenters. The first kappa shape index (κ1) is 9.45. The topological polar surface area (TPSA) is 62.4 Å². The maximum absolute atomic E-state index is 9.14. The minimum atomic E-state index is -0.429. The number of rotatable bonds is 3. The first-order valence-corrected chi connectivity index (χ1v) is 5.01. The largest absolute Gasteiger partial charge is 0.393 e. The summed E-state index contributed by atoms with van der Waals surface area (Å²) in [5.74, 6) is 1.18. The van der Waals surface area contributed by atoms with E-state index in [1.807, 2.05) is 0 Å². The maximum atomic E-state index is 9.14. The third kappa shape index (κ3) is 2.04. The van der Waals surface area contributed by atoms with Crippen LogP contribution in [-0.4, -0.2) is 34.4 Å². The first-order chi connectivity index (χ1) is 6.75. The van der Waals surface area contributed by atoms with E-state index in [0.29, 0.717) is 18.3 Å². The van der Waals surface area contributed by atoms with Gasteiger partial charge in [0, 0.05) is 13.1 Å². The SMILES string of the molecule is CC(O)Cc1nc(N2CCCC2)no1. The van der Waals surface area contributed by atoms with E-state index in [9.17, 15) is 0 Å². The number of aliphatic hydroxyl groups excluding tert-OH is 1. The van der Waals surface area contributed by atoms with Crippen molar-refractivity contribution >= 4 is 5.95 Å². The van der Waals surface area contributed by atoms with Crippen LogP contribution in [0.4, 0.5) is 5.95 Å². The Morgan fingerprint density at radius 3 is 2.86 bits per heavy atom. The molecule has 14 heavy (non-hydrogen) atoms. The first-order valence-electron chi connectivity index (χ1n) is 5.01. The van der Waals surface area contributed by atoms with Gasteiger partial charge in [-0.2, -0.15) is 4.98 Å². The molecule has 1 aliphatic rings. The Balaban J connectivity index is 2.01. The van der Waals surface area contributed by atoms with Crippen LogP contribution in [0.2, 0.25) is 0 Å². The van der Waals surface area contributed by atoms with Crippen LogP contribution in [0, 0.1) is 0 Å². The Hall–Kier alpha value is -1.10. The van der Waals surface area contributed by atoms with Crippen LogP contribution in [0.15, 0.2) is 4.52 Å². The average molecular weight is 197 g/mol. The van der Waals surface area contributed by atoms with Gasteiger partial charge in [0.15, 0.2) is 0 Å². The van der Waals surface area contributed by atoms with Crippen LogP contribution >= 0.6 is 0 Å². The van der Waals surface area contributed by atoms with Gasteiger partial charge in [-0.15, -0.1) is 0 Å². The number of hydrogen-bond donors (Lipinski definition) is 1. The molecule has 0 aliphatic carbocycles. The third-order valence-corrected chi connectivity index (χ3v) is 2.32. The van der Waals surface area contributed by atoms with Gasteiger partial charge in [0.1, 0.15) is 0 Å². The summed E-state index contributed by atoms with van der Waals surface area (Å²) in [5, 5.41) is 13.0. The molecule has 0 aromatic carbocycles. The Bertz CT molecular complexity index is 292. The predicted molar refractivity (Wildman–Crippen MR) is 51.1 cm³/mol. The number of aliphatic hydroxyl groups is 1. The minimum Gasteiger partial charge on any atom is -0.393 e. The second-order valence-corrected chi connectivity index (χ2v) is 3.74. The molecule has 1 atom stereocenters. The lowest BCUT2D eigenvalue weighted by molar-refractivity contribution is 0.181. The summed E-state index contributed by atoms with van der Waals surface area (Å²) in [7, 11) is 0. The molecule has 1 saturated heterocycles. The lowest BCUT2D eigenvalue weighted by Gasteiger charge is -2.09. The lowest BCUT2D eigenvalue weighted by atomic mass is 10.3. The quantitative estimate of drug-likeness (QED) is 0.768. The van der Waals surface area contributed by atoms with Crippen molar-refractivity contribution in [2.45, 2.75) is 32.3 Å². The molecule has 1 aliphatic heterocycles. The molecule has 5 nitrogen and oxygen atoms in total. The van der Waals surface area contributed by atoms with Gasteiger partial charge in [-0.25, -0.2) is 0 Å². The molecule has 5 heteroatoms. The summed E-state index contributed by atoms with van der Waals surface area (Å²) in [4.78, 5) is 6.33. The average Bonchev–Trinajstić information content (AvgIpc) is 2.69. The molecule has 1 N–H and O–H groups in total. The van der Waals surface area contributed by atoms with Crippen molar-refractivity contribution < 1.29 is 9.63 Å². The van der Waals surface area contributed by atoms with Crippen molar-refractivity contribution in [1.29, 1.82) is 0 Å². The second-order valence-electron chi connectivity index (χ2n) is 3.74. The maximum Gasteiger partial charge on any atom is 0.266 e. The fourth-order valence-electron chi connectivity index (χ4n) is 1.63. The third-order valence-electron chi connectivity index (χ3n) is 2.32. The van der Waals surface area contributed by atoms with Gasteiger partial charge in [-0.1, -0.05) is 0 Å². The molecule has 0 amide bonds. The molecule has 0 saturated carbocycles. The van der Waals surface area contributed by atoms with Gasteiger partial charge in [-0.3, -0.25) is 0 Å². The fraction of sp³-hybridized carbons (Fsp3) is 0.778. The van der Waals surface area contributed by atoms with Crippen molar-refractivity contribution in [3.63, 3.8) is 0 Å². The van der Waals surface area contributed by atoms with E-state index < -0.39 is 6.10 Å². The second kappa shape index (κ2) is 3.96. The summed E-state index contributed by atoms with van der Waals surface area (Å²) >= 11 is 0. The van der Waals surface area contributed by atoms with Gasteiger partial charge >= 0.3 is 0 Å². The molecule has 78 valence electrons. The zero-order chi connectivity index (χ0) is 9.97.